The monoisotopic (exact) mass is 450 g/mol. The average Bonchev–Trinajstić information content (AvgIpc) is 3.01. The lowest BCUT2D eigenvalue weighted by molar-refractivity contribution is -0.113. The van der Waals surface area contributed by atoms with E-state index in [0.717, 1.165) is 10.2 Å². The van der Waals surface area contributed by atoms with Gasteiger partial charge in [-0.3, -0.25) is 4.79 Å². The molecule has 0 aliphatic heterocycles. The number of halogens is 2. The highest BCUT2D eigenvalue weighted by Gasteiger charge is 2.12. The molecule has 1 aromatic heterocycles. The number of hydrogen-bond acceptors (Lipinski definition) is 5. The normalized spacial score (nSPS) is 10.6. The van der Waals surface area contributed by atoms with Crippen LogP contribution in [0, 0.1) is 5.82 Å². The van der Waals surface area contributed by atoms with Crippen molar-refractivity contribution in [3.05, 3.63) is 64.6 Å². The second kappa shape index (κ2) is 9.01. The third-order valence-electron chi connectivity index (χ3n) is 3.57. The Balaban J connectivity index is 1.51. The van der Waals surface area contributed by atoms with Crippen LogP contribution in [-0.2, 0) is 18.4 Å². The number of nitrogens with zero attached hydrogens (tertiary/aromatic N) is 3. The van der Waals surface area contributed by atoms with Gasteiger partial charge in [-0.15, -0.1) is 10.2 Å². The highest BCUT2D eigenvalue weighted by molar-refractivity contribution is 9.10. The Morgan fingerprint density at radius 2 is 1.89 bits per heavy atom. The maximum atomic E-state index is 12.9. The van der Waals surface area contributed by atoms with Gasteiger partial charge < -0.3 is 14.6 Å². The molecule has 0 bridgehead atoms. The van der Waals surface area contributed by atoms with Crippen LogP contribution in [0.4, 0.5) is 10.1 Å². The van der Waals surface area contributed by atoms with Crippen molar-refractivity contribution in [2.24, 2.45) is 7.05 Å². The van der Waals surface area contributed by atoms with Crippen molar-refractivity contribution in [3.63, 3.8) is 0 Å². The van der Waals surface area contributed by atoms with Crippen LogP contribution in [-0.4, -0.2) is 26.4 Å². The van der Waals surface area contributed by atoms with E-state index in [0.29, 0.717) is 16.7 Å². The topological polar surface area (TPSA) is 69.0 Å². The standard InChI is InChI=1S/C18H16BrFN4O2S/c1-24-16(10-26-15-8-4-13(20)5-9-15)22-23-18(24)27-11-17(25)21-14-6-2-12(19)3-7-14/h2-9H,10-11H2,1H3,(H,21,25). The van der Waals surface area contributed by atoms with Gasteiger partial charge in [-0.05, 0) is 48.5 Å². The molecule has 0 aliphatic rings. The third kappa shape index (κ3) is 5.54. The highest BCUT2D eigenvalue weighted by atomic mass is 79.9. The summed E-state index contributed by atoms with van der Waals surface area (Å²) < 4.78 is 21.2. The van der Waals surface area contributed by atoms with Gasteiger partial charge in [0, 0.05) is 17.2 Å². The van der Waals surface area contributed by atoms with E-state index < -0.39 is 0 Å². The van der Waals surface area contributed by atoms with Gasteiger partial charge in [0.05, 0.1) is 5.75 Å². The summed E-state index contributed by atoms with van der Waals surface area (Å²) in [5.41, 5.74) is 0.732. The fraction of sp³-hybridized carbons (Fsp3) is 0.167. The van der Waals surface area contributed by atoms with Gasteiger partial charge in [0.25, 0.3) is 0 Å². The Hall–Kier alpha value is -2.39. The number of hydrogen-bond donors (Lipinski definition) is 1. The van der Waals surface area contributed by atoms with Crippen molar-refractivity contribution >= 4 is 39.3 Å². The van der Waals surface area contributed by atoms with E-state index >= 15 is 0 Å². The molecule has 0 spiro atoms. The van der Waals surface area contributed by atoms with Gasteiger partial charge in [-0.1, -0.05) is 27.7 Å². The van der Waals surface area contributed by atoms with Crippen LogP contribution in [0.5, 0.6) is 5.75 Å². The molecule has 2 aromatic carbocycles. The number of ether oxygens (including phenoxy) is 1. The molecule has 27 heavy (non-hydrogen) atoms. The molecule has 0 saturated heterocycles. The zero-order valence-corrected chi connectivity index (χ0v) is 16.8. The van der Waals surface area contributed by atoms with E-state index in [1.165, 1.54) is 23.9 Å². The molecule has 1 amide bonds. The first-order valence-corrected chi connectivity index (χ1v) is 9.74. The minimum absolute atomic E-state index is 0.130. The fourth-order valence-corrected chi connectivity index (χ4v) is 3.13. The van der Waals surface area contributed by atoms with Gasteiger partial charge in [-0.25, -0.2) is 4.39 Å². The van der Waals surface area contributed by atoms with E-state index in [-0.39, 0.29) is 24.1 Å². The van der Waals surface area contributed by atoms with Crippen LogP contribution in [0.25, 0.3) is 0 Å². The van der Waals surface area contributed by atoms with Crippen molar-refractivity contribution in [2.45, 2.75) is 11.8 Å². The average molecular weight is 451 g/mol. The number of benzene rings is 2. The van der Waals surface area contributed by atoms with E-state index in [1.54, 1.807) is 23.7 Å². The molecule has 0 unspecified atom stereocenters. The zero-order valence-electron chi connectivity index (χ0n) is 14.4. The van der Waals surface area contributed by atoms with Crippen molar-refractivity contribution in [1.29, 1.82) is 0 Å². The Kier molecular flexibility index (Phi) is 6.46. The molecular formula is C18H16BrFN4O2S. The van der Waals surface area contributed by atoms with Crippen LogP contribution in [0.2, 0.25) is 0 Å². The number of thioether (sulfide) groups is 1. The number of carbonyl (C=O) groups is 1. The molecule has 1 N–H and O–H groups in total. The molecule has 9 heteroatoms. The molecule has 0 saturated carbocycles. The number of aromatic nitrogens is 3. The fourth-order valence-electron chi connectivity index (χ4n) is 2.14. The second-order valence-electron chi connectivity index (χ2n) is 5.54. The zero-order chi connectivity index (χ0) is 19.2. The van der Waals surface area contributed by atoms with Crippen LogP contribution < -0.4 is 10.1 Å². The minimum atomic E-state index is -0.318. The van der Waals surface area contributed by atoms with Crippen LogP contribution in [0.15, 0.2) is 58.2 Å². The molecule has 0 fully saturated rings. The van der Waals surface area contributed by atoms with Crippen molar-refractivity contribution in [1.82, 2.24) is 14.8 Å². The summed E-state index contributed by atoms with van der Waals surface area (Å²) >= 11 is 4.64. The summed E-state index contributed by atoms with van der Waals surface area (Å²) in [6.07, 6.45) is 0. The van der Waals surface area contributed by atoms with Gasteiger partial charge in [-0.2, -0.15) is 0 Å². The lowest BCUT2D eigenvalue weighted by Gasteiger charge is -2.07. The highest BCUT2D eigenvalue weighted by Crippen LogP contribution is 2.19. The Morgan fingerprint density at radius 3 is 2.59 bits per heavy atom. The molecule has 3 rings (SSSR count). The van der Waals surface area contributed by atoms with Gasteiger partial charge in [0.15, 0.2) is 11.0 Å². The summed E-state index contributed by atoms with van der Waals surface area (Å²) in [7, 11) is 1.80. The van der Waals surface area contributed by atoms with E-state index in [2.05, 4.69) is 31.4 Å². The summed E-state index contributed by atoms with van der Waals surface area (Å²) in [5, 5.41) is 11.6. The maximum absolute atomic E-state index is 12.9. The molecular weight excluding hydrogens is 435 g/mol. The number of carbonyl (C=O) groups excluding carboxylic acids is 1. The van der Waals surface area contributed by atoms with Crippen LogP contribution >= 0.6 is 27.7 Å². The lowest BCUT2D eigenvalue weighted by Crippen LogP contribution is -2.14. The Bertz CT molecular complexity index is 916. The number of anilines is 1. The first-order valence-electron chi connectivity index (χ1n) is 7.96. The SMILES string of the molecule is Cn1c(COc2ccc(F)cc2)nnc1SCC(=O)Nc1ccc(Br)cc1. The predicted octanol–water partition coefficient (Wildman–Crippen LogP) is 4.03. The van der Waals surface area contributed by atoms with Gasteiger partial charge >= 0.3 is 0 Å². The summed E-state index contributed by atoms with van der Waals surface area (Å²) in [4.78, 5) is 12.1. The second-order valence-corrected chi connectivity index (χ2v) is 7.40. The molecule has 0 aliphatic carbocycles. The molecule has 0 atom stereocenters. The minimum Gasteiger partial charge on any atom is -0.486 e. The summed E-state index contributed by atoms with van der Waals surface area (Å²) in [6, 6.07) is 13.1. The molecule has 140 valence electrons. The van der Waals surface area contributed by atoms with Crippen molar-refractivity contribution in [3.8, 4) is 5.75 Å². The van der Waals surface area contributed by atoms with E-state index in [1.807, 2.05) is 24.3 Å². The van der Waals surface area contributed by atoms with Gasteiger partial charge in [0.2, 0.25) is 5.91 Å². The molecule has 6 nitrogen and oxygen atoms in total. The summed E-state index contributed by atoms with van der Waals surface area (Å²) in [6.45, 7) is 0.195. The van der Waals surface area contributed by atoms with E-state index in [4.69, 9.17) is 4.74 Å². The number of rotatable bonds is 7. The van der Waals surface area contributed by atoms with Crippen LogP contribution in [0.1, 0.15) is 5.82 Å². The van der Waals surface area contributed by atoms with E-state index in [9.17, 15) is 9.18 Å². The Labute approximate surface area is 168 Å². The van der Waals surface area contributed by atoms with Crippen LogP contribution in [0.3, 0.4) is 0 Å². The molecule has 3 aromatic rings. The lowest BCUT2D eigenvalue weighted by atomic mass is 10.3. The molecule has 0 radical (unpaired) electrons. The largest absolute Gasteiger partial charge is 0.486 e. The molecule has 1 heterocycles. The van der Waals surface area contributed by atoms with Gasteiger partial charge in [0.1, 0.15) is 18.2 Å². The summed E-state index contributed by atoms with van der Waals surface area (Å²) in [5.74, 6) is 0.911. The smallest absolute Gasteiger partial charge is 0.234 e. The van der Waals surface area contributed by atoms with Crippen molar-refractivity contribution < 1.29 is 13.9 Å². The first-order chi connectivity index (χ1) is 13.0. The van der Waals surface area contributed by atoms with Crippen molar-refractivity contribution in [2.75, 3.05) is 11.1 Å². The number of nitrogens with one attached hydrogen (secondary N) is 1. The third-order valence-corrected chi connectivity index (χ3v) is 5.12. The Morgan fingerprint density at radius 1 is 1.19 bits per heavy atom. The number of amides is 1. The quantitative estimate of drug-likeness (QED) is 0.550. The first kappa shape index (κ1) is 19.4. The maximum Gasteiger partial charge on any atom is 0.234 e. The predicted molar refractivity (Wildman–Crippen MR) is 105 cm³/mol.